The van der Waals surface area contributed by atoms with Crippen LogP contribution in [0.3, 0.4) is 0 Å². The van der Waals surface area contributed by atoms with Crippen molar-refractivity contribution in [1.82, 2.24) is 4.98 Å². The molecule has 36 heavy (non-hydrogen) atoms. The molecule has 0 saturated carbocycles. The molecular formula is C29H22N2O5. The number of hydrogen-bond donors (Lipinski definition) is 0. The summed E-state index contributed by atoms with van der Waals surface area (Å²) < 4.78 is 5.50. The fourth-order valence-corrected chi connectivity index (χ4v) is 4.55. The zero-order valence-corrected chi connectivity index (χ0v) is 19.3. The van der Waals surface area contributed by atoms with E-state index in [1.54, 1.807) is 36.4 Å². The Balaban J connectivity index is 1.54. The zero-order valence-electron chi connectivity index (χ0n) is 19.3. The van der Waals surface area contributed by atoms with Crippen LogP contribution < -0.4 is 0 Å². The quantitative estimate of drug-likeness (QED) is 0.145. The molecule has 0 saturated heterocycles. The van der Waals surface area contributed by atoms with Crippen molar-refractivity contribution in [2.75, 3.05) is 6.61 Å². The number of carbonyl (C=O) groups is 2. The molecule has 1 heterocycles. The van der Waals surface area contributed by atoms with Crippen molar-refractivity contribution < 1.29 is 19.2 Å². The van der Waals surface area contributed by atoms with Gasteiger partial charge in [0.2, 0.25) is 0 Å². The fourth-order valence-electron chi connectivity index (χ4n) is 4.55. The number of non-ortho nitro benzene ring substituents is 1. The summed E-state index contributed by atoms with van der Waals surface area (Å²) in [4.78, 5) is 41.5. The first kappa shape index (κ1) is 23.1. The van der Waals surface area contributed by atoms with Crippen LogP contribution in [0.2, 0.25) is 0 Å². The summed E-state index contributed by atoms with van der Waals surface area (Å²) in [5, 5.41) is 11.9. The number of ketones is 1. The molecule has 0 unspecified atom stereocenters. The molecule has 0 N–H and O–H groups in total. The highest BCUT2D eigenvalue weighted by Crippen LogP contribution is 2.36. The topological polar surface area (TPSA) is 99.4 Å². The van der Waals surface area contributed by atoms with Crippen LogP contribution in [-0.2, 0) is 11.2 Å². The number of fused-ring (bicyclic) bond motifs is 2. The Morgan fingerprint density at radius 2 is 1.75 bits per heavy atom. The molecule has 1 aliphatic carbocycles. The molecule has 0 radical (unpaired) electrons. The molecule has 0 bridgehead atoms. The largest absolute Gasteiger partial charge is 0.454 e. The summed E-state index contributed by atoms with van der Waals surface area (Å²) in [6, 6.07) is 22.5. The van der Waals surface area contributed by atoms with Crippen LogP contribution >= 0.6 is 0 Å². The smallest absolute Gasteiger partial charge is 0.339 e. The van der Waals surface area contributed by atoms with Crippen molar-refractivity contribution in [1.29, 1.82) is 0 Å². The molecule has 178 valence electrons. The van der Waals surface area contributed by atoms with Crippen LogP contribution in [0.15, 0.2) is 78.9 Å². The van der Waals surface area contributed by atoms with E-state index in [4.69, 9.17) is 9.72 Å². The summed E-state index contributed by atoms with van der Waals surface area (Å²) in [6.07, 6.45) is 4.04. The van der Waals surface area contributed by atoms with Gasteiger partial charge >= 0.3 is 5.97 Å². The van der Waals surface area contributed by atoms with E-state index in [1.165, 1.54) is 12.1 Å². The molecule has 3 aromatic carbocycles. The lowest BCUT2D eigenvalue weighted by Crippen LogP contribution is -2.18. The maximum absolute atomic E-state index is 13.4. The van der Waals surface area contributed by atoms with E-state index in [0.29, 0.717) is 39.7 Å². The number of Topliss-reactive ketones (excluding diaryl/α,β-unsaturated/α-hetero) is 1. The van der Waals surface area contributed by atoms with Crippen LogP contribution in [0, 0.1) is 10.1 Å². The van der Waals surface area contributed by atoms with Crippen molar-refractivity contribution >= 4 is 40.0 Å². The minimum Gasteiger partial charge on any atom is -0.454 e. The van der Waals surface area contributed by atoms with Gasteiger partial charge in [0.25, 0.3) is 5.69 Å². The third kappa shape index (κ3) is 4.63. The average Bonchev–Trinajstić information content (AvgIpc) is 2.91. The van der Waals surface area contributed by atoms with E-state index in [1.807, 2.05) is 36.4 Å². The maximum atomic E-state index is 13.4. The minimum atomic E-state index is -0.564. The standard InChI is InChI=1S/C29H22N2O5/c32-26(20-9-2-1-3-10-20)18-36-29(33)27-23-13-4-5-15-25(23)30-28-21(11-7-14-24(27)28)16-19-8-6-12-22(17-19)31(34)35/h1-6,8-10,12-13,15-17H,7,11,14,18H2. The number of esters is 1. The summed E-state index contributed by atoms with van der Waals surface area (Å²) in [7, 11) is 0. The SMILES string of the molecule is O=C(COC(=O)c1c2c(nc3ccccc13)C(=Cc1cccc([N+](=O)[O-])c1)CCC2)c1ccccc1. The van der Waals surface area contributed by atoms with Crippen LogP contribution in [0.4, 0.5) is 5.69 Å². The minimum absolute atomic E-state index is 0.0132. The number of allylic oxidation sites excluding steroid dienone is 1. The van der Waals surface area contributed by atoms with Crippen LogP contribution in [-0.4, -0.2) is 28.3 Å². The number of ether oxygens (including phenoxy) is 1. The van der Waals surface area contributed by atoms with E-state index in [9.17, 15) is 19.7 Å². The lowest BCUT2D eigenvalue weighted by molar-refractivity contribution is -0.384. The number of nitro benzene ring substituents is 1. The highest BCUT2D eigenvalue weighted by Gasteiger charge is 2.26. The zero-order chi connectivity index (χ0) is 25.1. The number of carbonyl (C=O) groups excluding carboxylic acids is 2. The Labute approximate surface area is 207 Å². The number of nitrogens with zero attached hydrogens (tertiary/aromatic N) is 2. The second-order valence-electron chi connectivity index (χ2n) is 8.57. The van der Waals surface area contributed by atoms with Crippen molar-refractivity contribution in [3.05, 3.63) is 117 Å². The summed E-state index contributed by atoms with van der Waals surface area (Å²) in [5.74, 6) is -0.840. The lowest BCUT2D eigenvalue weighted by Gasteiger charge is -2.22. The van der Waals surface area contributed by atoms with Crippen molar-refractivity contribution in [3.63, 3.8) is 0 Å². The molecule has 7 nitrogen and oxygen atoms in total. The molecule has 7 heteroatoms. The van der Waals surface area contributed by atoms with E-state index in [0.717, 1.165) is 24.0 Å². The first-order valence-corrected chi connectivity index (χ1v) is 11.6. The van der Waals surface area contributed by atoms with Crippen LogP contribution in [0.25, 0.3) is 22.6 Å². The molecule has 0 atom stereocenters. The molecule has 0 aliphatic heterocycles. The number of aromatic nitrogens is 1. The lowest BCUT2D eigenvalue weighted by atomic mass is 9.86. The number of rotatable bonds is 6. The van der Waals surface area contributed by atoms with Gasteiger partial charge in [-0.2, -0.15) is 0 Å². The number of benzene rings is 3. The Kier molecular flexibility index (Phi) is 6.36. The van der Waals surface area contributed by atoms with Gasteiger partial charge in [0.05, 0.1) is 21.7 Å². The van der Waals surface area contributed by atoms with E-state index in [-0.39, 0.29) is 18.1 Å². The van der Waals surface area contributed by atoms with Gasteiger partial charge in [-0.15, -0.1) is 0 Å². The van der Waals surface area contributed by atoms with E-state index in [2.05, 4.69) is 0 Å². The normalized spacial score (nSPS) is 13.8. The summed E-state index contributed by atoms with van der Waals surface area (Å²) in [6.45, 7) is -0.356. The maximum Gasteiger partial charge on any atom is 0.339 e. The van der Waals surface area contributed by atoms with Gasteiger partial charge in [-0.25, -0.2) is 9.78 Å². The molecule has 1 aromatic heterocycles. The second kappa shape index (κ2) is 9.92. The summed E-state index contributed by atoms with van der Waals surface area (Å²) >= 11 is 0. The molecule has 4 aromatic rings. The third-order valence-corrected chi connectivity index (χ3v) is 6.23. The highest BCUT2D eigenvalue weighted by molar-refractivity contribution is 6.08. The molecule has 0 fully saturated rings. The van der Waals surface area contributed by atoms with Crippen molar-refractivity contribution in [2.24, 2.45) is 0 Å². The van der Waals surface area contributed by atoms with Gasteiger partial charge in [-0.1, -0.05) is 60.7 Å². The van der Waals surface area contributed by atoms with Crippen molar-refractivity contribution in [2.45, 2.75) is 19.3 Å². The first-order valence-electron chi connectivity index (χ1n) is 11.6. The van der Waals surface area contributed by atoms with E-state index >= 15 is 0 Å². The van der Waals surface area contributed by atoms with Gasteiger partial charge in [-0.3, -0.25) is 14.9 Å². The van der Waals surface area contributed by atoms with Gasteiger partial charge in [0, 0.05) is 23.1 Å². The molecule has 1 aliphatic rings. The summed E-state index contributed by atoms with van der Waals surface area (Å²) in [5.41, 5.74) is 4.61. The molecule has 0 spiro atoms. The predicted octanol–water partition coefficient (Wildman–Crippen LogP) is 6.06. The Morgan fingerprint density at radius 3 is 2.56 bits per heavy atom. The first-order chi connectivity index (χ1) is 17.5. The Hall–Kier alpha value is -4.65. The Morgan fingerprint density at radius 1 is 0.972 bits per heavy atom. The number of nitro groups is 1. The number of hydrogen-bond acceptors (Lipinski definition) is 6. The predicted molar refractivity (Wildman–Crippen MR) is 137 cm³/mol. The number of pyridine rings is 1. The number of para-hydroxylation sites is 1. The van der Waals surface area contributed by atoms with Crippen molar-refractivity contribution in [3.8, 4) is 0 Å². The molecule has 0 amide bonds. The van der Waals surface area contributed by atoms with Gasteiger partial charge in [0.15, 0.2) is 12.4 Å². The third-order valence-electron chi connectivity index (χ3n) is 6.23. The monoisotopic (exact) mass is 478 g/mol. The highest BCUT2D eigenvalue weighted by atomic mass is 16.6. The van der Waals surface area contributed by atoms with Gasteiger partial charge < -0.3 is 4.74 Å². The van der Waals surface area contributed by atoms with Crippen LogP contribution in [0.5, 0.6) is 0 Å². The van der Waals surface area contributed by atoms with Crippen LogP contribution in [0.1, 0.15) is 50.4 Å². The fraction of sp³-hybridized carbons (Fsp3) is 0.138. The average molecular weight is 479 g/mol. The van der Waals surface area contributed by atoms with Gasteiger partial charge in [0.1, 0.15) is 0 Å². The van der Waals surface area contributed by atoms with E-state index < -0.39 is 10.9 Å². The molecular weight excluding hydrogens is 456 g/mol. The Bertz CT molecular complexity index is 1530. The van der Waals surface area contributed by atoms with Gasteiger partial charge in [-0.05, 0) is 48.1 Å². The second-order valence-corrected chi connectivity index (χ2v) is 8.57. The molecule has 5 rings (SSSR count).